The Hall–Kier alpha value is -1.63. The maximum atomic E-state index is 5.73. The third kappa shape index (κ3) is 6.43. The number of benzene rings is 1. The van der Waals surface area contributed by atoms with Crippen molar-refractivity contribution in [2.75, 3.05) is 59.7 Å². The minimum absolute atomic E-state index is 0.438. The molecule has 1 N–H and O–H groups in total. The van der Waals surface area contributed by atoms with Crippen molar-refractivity contribution in [2.24, 2.45) is 10.9 Å². The lowest BCUT2D eigenvalue weighted by atomic mass is 9.99. The number of ether oxygens (including phenoxy) is 2. The molecule has 2 heterocycles. The molecule has 0 aliphatic carbocycles. The van der Waals surface area contributed by atoms with E-state index in [1.807, 2.05) is 0 Å². The minimum atomic E-state index is 0.438. The second-order valence-electron chi connectivity index (χ2n) is 8.20. The van der Waals surface area contributed by atoms with Crippen LogP contribution in [-0.4, -0.2) is 81.5 Å². The van der Waals surface area contributed by atoms with Crippen LogP contribution < -0.4 is 5.32 Å². The number of rotatable bonds is 9. The van der Waals surface area contributed by atoms with E-state index in [4.69, 9.17) is 14.5 Å². The molecule has 162 valence electrons. The van der Waals surface area contributed by atoms with E-state index in [1.54, 1.807) is 7.11 Å². The first kappa shape index (κ1) is 22.1. The molecule has 0 amide bonds. The van der Waals surface area contributed by atoms with Gasteiger partial charge in [-0.1, -0.05) is 24.3 Å². The maximum Gasteiger partial charge on any atom is 0.193 e. The fourth-order valence-corrected chi connectivity index (χ4v) is 4.21. The van der Waals surface area contributed by atoms with Crippen molar-refractivity contribution in [2.45, 2.75) is 39.3 Å². The van der Waals surface area contributed by atoms with Crippen LogP contribution in [0.4, 0.5) is 0 Å². The highest BCUT2D eigenvalue weighted by atomic mass is 16.5. The van der Waals surface area contributed by atoms with E-state index < -0.39 is 0 Å². The molecule has 0 bridgehead atoms. The Morgan fingerprint density at radius 1 is 1.24 bits per heavy atom. The summed E-state index contributed by atoms with van der Waals surface area (Å²) in [5.41, 5.74) is 2.97. The molecule has 3 rings (SSSR count). The van der Waals surface area contributed by atoms with E-state index in [1.165, 1.54) is 11.1 Å². The van der Waals surface area contributed by atoms with Gasteiger partial charge in [-0.3, -0.25) is 9.89 Å². The highest BCUT2D eigenvalue weighted by Gasteiger charge is 2.26. The number of guanidine groups is 1. The van der Waals surface area contributed by atoms with Crippen molar-refractivity contribution in [3.05, 3.63) is 35.4 Å². The third-order valence-electron chi connectivity index (χ3n) is 5.99. The van der Waals surface area contributed by atoms with Gasteiger partial charge in [0.05, 0.1) is 26.4 Å². The molecular formula is C23H38N4O2. The van der Waals surface area contributed by atoms with E-state index >= 15 is 0 Å². The Morgan fingerprint density at radius 2 is 2.07 bits per heavy atom. The number of likely N-dealkylation sites (tertiary alicyclic amines) is 1. The molecule has 0 spiro atoms. The van der Waals surface area contributed by atoms with Crippen LogP contribution >= 0.6 is 0 Å². The van der Waals surface area contributed by atoms with Gasteiger partial charge in [0, 0.05) is 51.8 Å². The number of hydrogen-bond acceptors (Lipinski definition) is 4. The molecule has 0 saturated carbocycles. The van der Waals surface area contributed by atoms with Crippen LogP contribution in [0.5, 0.6) is 0 Å². The molecule has 2 aliphatic rings. The van der Waals surface area contributed by atoms with Crippen LogP contribution in [0.15, 0.2) is 29.3 Å². The van der Waals surface area contributed by atoms with Crippen molar-refractivity contribution < 1.29 is 9.47 Å². The Kier molecular flexibility index (Phi) is 8.77. The number of fused-ring (bicyclic) bond motifs is 1. The zero-order valence-electron chi connectivity index (χ0n) is 18.4. The smallest absolute Gasteiger partial charge is 0.193 e. The van der Waals surface area contributed by atoms with Gasteiger partial charge in [0.2, 0.25) is 0 Å². The van der Waals surface area contributed by atoms with Crippen LogP contribution in [-0.2, 0) is 22.4 Å². The van der Waals surface area contributed by atoms with Gasteiger partial charge in [0.15, 0.2) is 5.96 Å². The van der Waals surface area contributed by atoms with Crippen LogP contribution in [0.25, 0.3) is 0 Å². The van der Waals surface area contributed by atoms with Gasteiger partial charge >= 0.3 is 0 Å². The molecule has 2 aliphatic heterocycles. The predicted octanol–water partition coefficient (Wildman–Crippen LogP) is 2.38. The second kappa shape index (κ2) is 11.5. The summed E-state index contributed by atoms with van der Waals surface area (Å²) in [6.45, 7) is 12.5. The van der Waals surface area contributed by atoms with Gasteiger partial charge in [0.25, 0.3) is 0 Å². The van der Waals surface area contributed by atoms with Gasteiger partial charge in [-0.15, -0.1) is 0 Å². The van der Waals surface area contributed by atoms with Crippen LogP contribution in [0.3, 0.4) is 0 Å². The highest BCUT2D eigenvalue weighted by molar-refractivity contribution is 5.80. The zero-order valence-corrected chi connectivity index (χ0v) is 18.4. The molecular weight excluding hydrogens is 364 g/mol. The molecule has 1 aromatic carbocycles. The van der Waals surface area contributed by atoms with Gasteiger partial charge in [0.1, 0.15) is 0 Å². The normalized spacial score (nSPS) is 21.3. The average molecular weight is 403 g/mol. The Morgan fingerprint density at radius 3 is 2.86 bits per heavy atom. The first-order valence-electron chi connectivity index (χ1n) is 11.1. The van der Waals surface area contributed by atoms with Gasteiger partial charge in [-0.2, -0.15) is 0 Å². The molecule has 1 aromatic rings. The fraction of sp³-hybridized carbons (Fsp3) is 0.696. The lowest BCUT2D eigenvalue weighted by Gasteiger charge is -2.33. The minimum Gasteiger partial charge on any atom is -0.382 e. The van der Waals surface area contributed by atoms with Crippen molar-refractivity contribution in [3.8, 4) is 0 Å². The number of nitrogens with one attached hydrogen (secondary N) is 1. The van der Waals surface area contributed by atoms with Crippen molar-refractivity contribution in [1.29, 1.82) is 0 Å². The molecule has 1 saturated heterocycles. The number of hydrogen-bond donors (Lipinski definition) is 1. The van der Waals surface area contributed by atoms with Crippen molar-refractivity contribution in [3.63, 3.8) is 0 Å². The SMILES string of the molecule is CCNC(=NCC(C)N1CCc2ccccc2C1)N1CCC(COCCOC)C1. The lowest BCUT2D eigenvalue weighted by Crippen LogP contribution is -2.43. The van der Waals surface area contributed by atoms with Crippen LogP contribution in [0.1, 0.15) is 31.4 Å². The van der Waals surface area contributed by atoms with Crippen molar-refractivity contribution >= 4 is 5.96 Å². The molecule has 2 atom stereocenters. The zero-order chi connectivity index (χ0) is 20.5. The summed E-state index contributed by atoms with van der Waals surface area (Å²) in [6.07, 6.45) is 2.30. The average Bonchev–Trinajstić information content (AvgIpc) is 3.22. The Bertz CT molecular complexity index is 652. The van der Waals surface area contributed by atoms with E-state index in [-0.39, 0.29) is 0 Å². The molecule has 29 heavy (non-hydrogen) atoms. The molecule has 0 radical (unpaired) electrons. The predicted molar refractivity (Wildman–Crippen MR) is 118 cm³/mol. The second-order valence-corrected chi connectivity index (χ2v) is 8.20. The van der Waals surface area contributed by atoms with E-state index in [2.05, 4.69) is 53.2 Å². The fourth-order valence-electron chi connectivity index (χ4n) is 4.21. The Labute approximate surface area is 176 Å². The molecule has 1 fully saturated rings. The summed E-state index contributed by atoms with van der Waals surface area (Å²) >= 11 is 0. The molecule has 6 nitrogen and oxygen atoms in total. The summed E-state index contributed by atoms with van der Waals surface area (Å²) in [4.78, 5) is 9.96. The summed E-state index contributed by atoms with van der Waals surface area (Å²) in [5, 5.41) is 3.49. The number of nitrogens with zero attached hydrogens (tertiary/aromatic N) is 3. The van der Waals surface area contributed by atoms with E-state index in [9.17, 15) is 0 Å². The largest absolute Gasteiger partial charge is 0.382 e. The number of aliphatic imine (C=N–C) groups is 1. The Balaban J connectivity index is 1.50. The van der Waals surface area contributed by atoms with Crippen molar-refractivity contribution in [1.82, 2.24) is 15.1 Å². The standard InChI is InChI=1S/C23H38N4O2/c1-4-24-23(27-11-9-20(16-27)18-29-14-13-28-3)25-15-19(2)26-12-10-21-7-5-6-8-22(21)17-26/h5-8,19-20H,4,9-18H2,1-3H3,(H,24,25). The topological polar surface area (TPSA) is 49.3 Å². The first-order chi connectivity index (χ1) is 14.2. The highest BCUT2D eigenvalue weighted by Crippen LogP contribution is 2.21. The first-order valence-corrected chi connectivity index (χ1v) is 11.1. The summed E-state index contributed by atoms with van der Waals surface area (Å²) in [7, 11) is 1.71. The summed E-state index contributed by atoms with van der Waals surface area (Å²) < 4.78 is 10.8. The monoisotopic (exact) mass is 402 g/mol. The number of methoxy groups -OCH3 is 1. The maximum absolute atomic E-state index is 5.73. The molecule has 0 aromatic heterocycles. The van der Waals surface area contributed by atoms with E-state index in [0.29, 0.717) is 25.2 Å². The van der Waals surface area contributed by atoms with Crippen LogP contribution in [0, 0.1) is 5.92 Å². The molecule has 6 heteroatoms. The summed E-state index contributed by atoms with van der Waals surface area (Å²) in [6, 6.07) is 9.27. The van der Waals surface area contributed by atoms with Crippen LogP contribution in [0.2, 0.25) is 0 Å². The van der Waals surface area contributed by atoms with Gasteiger partial charge in [-0.05, 0) is 37.8 Å². The quantitative estimate of drug-likeness (QED) is 0.390. The lowest BCUT2D eigenvalue weighted by molar-refractivity contribution is 0.0536. The summed E-state index contributed by atoms with van der Waals surface area (Å²) in [5.74, 6) is 1.63. The molecule has 2 unspecified atom stereocenters. The van der Waals surface area contributed by atoms with E-state index in [0.717, 1.165) is 64.7 Å². The van der Waals surface area contributed by atoms with Gasteiger partial charge < -0.3 is 19.7 Å². The van der Waals surface area contributed by atoms with Gasteiger partial charge in [-0.25, -0.2) is 0 Å². The third-order valence-corrected chi connectivity index (χ3v) is 5.99.